The summed E-state index contributed by atoms with van der Waals surface area (Å²) in [7, 11) is 0. The second kappa shape index (κ2) is 6.75. The third-order valence-corrected chi connectivity index (χ3v) is 2.17. The van der Waals surface area contributed by atoms with Crippen LogP contribution in [0.3, 0.4) is 0 Å². The molecule has 1 heterocycles. The number of H-pyrrole nitrogens is 1. The van der Waals surface area contributed by atoms with Crippen molar-refractivity contribution in [2.75, 3.05) is 18.9 Å². The summed E-state index contributed by atoms with van der Waals surface area (Å²) < 4.78 is 9.86. The van der Waals surface area contributed by atoms with Crippen LogP contribution in [0.15, 0.2) is 4.79 Å². The molecule has 1 aromatic rings. The lowest BCUT2D eigenvalue weighted by atomic mass is 10.2. The van der Waals surface area contributed by atoms with Crippen molar-refractivity contribution in [2.45, 2.75) is 26.9 Å². The van der Waals surface area contributed by atoms with E-state index >= 15 is 0 Å². The molecule has 0 bridgehead atoms. The van der Waals surface area contributed by atoms with Crippen molar-refractivity contribution in [3.8, 4) is 0 Å². The predicted octanol–water partition coefficient (Wildman–Crippen LogP) is -0.00580. The Morgan fingerprint density at radius 3 is 2.67 bits per heavy atom. The standard InChI is InChI=1S/C11H17N3O4/c1-3-17-6-8-13-10(12)7(11(16)14-8)5-9(15)18-4-2/h3-6H2,1-2H3,(H3,12,13,14,16). The fourth-order valence-electron chi connectivity index (χ4n) is 1.36. The van der Waals surface area contributed by atoms with Gasteiger partial charge < -0.3 is 20.2 Å². The maximum Gasteiger partial charge on any atom is 0.310 e. The van der Waals surface area contributed by atoms with Crippen molar-refractivity contribution >= 4 is 11.8 Å². The molecule has 7 heteroatoms. The van der Waals surface area contributed by atoms with Crippen LogP contribution in [0.25, 0.3) is 0 Å². The van der Waals surface area contributed by atoms with Gasteiger partial charge >= 0.3 is 5.97 Å². The Labute approximate surface area is 104 Å². The molecule has 0 amide bonds. The zero-order valence-corrected chi connectivity index (χ0v) is 10.5. The molecule has 0 atom stereocenters. The molecule has 3 N–H and O–H groups in total. The van der Waals surface area contributed by atoms with Crippen molar-refractivity contribution < 1.29 is 14.3 Å². The molecule has 18 heavy (non-hydrogen) atoms. The van der Waals surface area contributed by atoms with E-state index in [0.717, 1.165) is 0 Å². The minimum absolute atomic E-state index is 0.0292. The highest BCUT2D eigenvalue weighted by Crippen LogP contribution is 2.05. The van der Waals surface area contributed by atoms with Crippen LogP contribution in [0, 0.1) is 0 Å². The van der Waals surface area contributed by atoms with Crippen LogP contribution >= 0.6 is 0 Å². The Kier molecular flexibility index (Phi) is 5.31. The van der Waals surface area contributed by atoms with Crippen LogP contribution in [0.4, 0.5) is 5.82 Å². The molecule has 1 aromatic heterocycles. The zero-order valence-electron chi connectivity index (χ0n) is 10.5. The molecule has 0 fully saturated rings. The van der Waals surface area contributed by atoms with E-state index in [-0.39, 0.29) is 31.0 Å². The van der Waals surface area contributed by atoms with Crippen molar-refractivity contribution in [3.63, 3.8) is 0 Å². The minimum Gasteiger partial charge on any atom is -0.466 e. The number of nitrogen functional groups attached to an aromatic ring is 1. The van der Waals surface area contributed by atoms with Gasteiger partial charge in [0, 0.05) is 6.61 Å². The molecule has 0 aromatic carbocycles. The summed E-state index contributed by atoms with van der Waals surface area (Å²) in [6.07, 6.45) is -0.184. The summed E-state index contributed by atoms with van der Waals surface area (Å²) in [4.78, 5) is 29.5. The topological polar surface area (TPSA) is 107 Å². The van der Waals surface area contributed by atoms with Gasteiger partial charge in [0.05, 0.1) is 18.6 Å². The third kappa shape index (κ3) is 3.85. The van der Waals surface area contributed by atoms with E-state index in [1.807, 2.05) is 6.92 Å². The molecule has 0 aliphatic carbocycles. The first-order chi connectivity index (χ1) is 8.58. The quantitative estimate of drug-likeness (QED) is 0.692. The number of hydrogen-bond acceptors (Lipinski definition) is 6. The SMILES string of the molecule is CCOCc1nc(N)c(CC(=O)OCC)c(=O)[nH]1. The first kappa shape index (κ1) is 14.2. The molecule has 1 rings (SSSR count). The van der Waals surface area contributed by atoms with Gasteiger partial charge in [0.1, 0.15) is 18.2 Å². The maximum atomic E-state index is 11.7. The van der Waals surface area contributed by atoms with E-state index in [0.29, 0.717) is 12.4 Å². The van der Waals surface area contributed by atoms with Crippen LogP contribution in [0.1, 0.15) is 25.2 Å². The smallest absolute Gasteiger partial charge is 0.310 e. The van der Waals surface area contributed by atoms with Gasteiger partial charge in [-0.2, -0.15) is 0 Å². The monoisotopic (exact) mass is 255 g/mol. The number of hydrogen-bond donors (Lipinski definition) is 2. The number of aromatic nitrogens is 2. The highest BCUT2D eigenvalue weighted by Gasteiger charge is 2.13. The number of esters is 1. The Balaban J connectivity index is 2.87. The minimum atomic E-state index is -0.506. The number of carbonyl (C=O) groups excluding carboxylic acids is 1. The van der Waals surface area contributed by atoms with E-state index in [1.165, 1.54) is 0 Å². The Hall–Kier alpha value is -1.89. The third-order valence-electron chi connectivity index (χ3n) is 2.17. The molecule has 0 radical (unpaired) electrons. The highest BCUT2D eigenvalue weighted by atomic mass is 16.5. The maximum absolute atomic E-state index is 11.7. The Morgan fingerprint density at radius 2 is 2.11 bits per heavy atom. The molecular weight excluding hydrogens is 238 g/mol. The van der Waals surface area contributed by atoms with Crippen LogP contribution in [0.5, 0.6) is 0 Å². The zero-order chi connectivity index (χ0) is 13.5. The number of rotatable bonds is 6. The fourth-order valence-corrected chi connectivity index (χ4v) is 1.36. The second-order valence-electron chi connectivity index (χ2n) is 3.50. The van der Waals surface area contributed by atoms with Gasteiger partial charge in [0.2, 0.25) is 0 Å². The average molecular weight is 255 g/mol. The Bertz CT molecular complexity index is 470. The lowest BCUT2D eigenvalue weighted by molar-refractivity contribution is -0.142. The summed E-state index contributed by atoms with van der Waals surface area (Å²) in [6.45, 7) is 4.46. The van der Waals surface area contributed by atoms with E-state index in [9.17, 15) is 9.59 Å². The van der Waals surface area contributed by atoms with Gasteiger partial charge in [-0.1, -0.05) is 0 Å². The van der Waals surface area contributed by atoms with E-state index in [2.05, 4.69) is 9.97 Å². The largest absolute Gasteiger partial charge is 0.466 e. The van der Waals surface area contributed by atoms with Crippen molar-refractivity contribution in [3.05, 3.63) is 21.7 Å². The summed E-state index contributed by atoms with van der Waals surface area (Å²) in [5, 5.41) is 0. The lowest BCUT2D eigenvalue weighted by Gasteiger charge is -2.06. The van der Waals surface area contributed by atoms with E-state index < -0.39 is 11.5 Å². The van der Waals surface area contributed by atoms with Gasteiger partial charge in [0.25, 0.3) is 5.56 Å². The average Bonchev–Trinajstić information content (AvgIpc) is 2.31. The number of ether oxygens (including phenoxy) is 2. The number of anilines is 1. The molecule has 0 unspecified atom stereocenters. The number of aromatic amines is 1. The van der Waals surface area contributed by atoms with Gasteiger partial charge in [-0.3, -0.25) is 9.59 Å². The summed E-state index contributed by atoms with van der Waals surface area (Å²) in [5.74, 6) is -0.137. The van der Waals surface area contributed by atoms with Gasteiger partial charge in [-0.05, 0) is 13.8 Å². The molecular formula is C11H17N3O4. The molecule has 0 saturated heterocycles. The van der Waals surface area contributed by atoms with Crippen molar-refractivity contribution in [1.29, 1.82) is 0 Å². The van der Waals surface area contributed by atoms with Gasteiger partial charge in [0.15, 0.2) is 0 Å². The first-order valence-electron chi connectivity index (χ1n) is 5.69. The number of nitrogens with zero attached hydrogens (tertiary/aromatic N) is 1. The second-order valence-corrected chi connectivity index (χ2v) is 3.50. The summed E-state index contributed by atoms with van der Waals surface area (Å²) in [5.41, 5.74) is 5.32. The van der Waals surface area contributed by atoms with Crippen LogP contribution in [-0.2, 0) is 27.3 Å². The number of nitrogens with two attached hydrogens (primary N) is 1. The van der Waals surface area contributed by atoms with Crippen LogP contribution in [0.2, 0.25) is 0 Å². The van der Waals surface area contributed by atoms with Gasteiger partial charge in [-0.25, -0.2) is 4.98 Å². The van der Waals surface area contributed by atoms with Crippen LogP contribution < -0.4 is 11.3 Å². The molecule has 0 aliphatic rings. The van der Waals surface area contributed by atoms with Crippen molar-refractivity contribution in [2.24, 2.45) is 0 Å². The highest BCUT2D eigenvalue weighted by molar-refractivity contribution is 5.74. The molecule has 0 spiro atoms. The molecule has 7 nitrogen and oxygen atoms in total. The molecule has 0 saturated carbocycles. The van der Waals surface area contributed by atoms with Crippen LogP contribution in [-0.4, -0.2) is 29.2 Å². The fraction of sp³-hybridized carbons (Fsp3) is 0.545. The predicted molar refractivity (Wildman–Crippen MR) is 64.9 cm³/mol. The molecule has 0 aliphatic heterocycles. The normalized spacial score (nSPS) is 10.3. The molecule has 100 valence electrons. The van der Waals surface area contributed by atoms with Crippen molar-refractivity contribution in [1.82, 2.24) is 9.97 Å². The number of nitrogens with one attached hydrogen (secondary N) is 1. The van der Waals surface area contributed by atoms with E-state index in [1.54, 1.807) is 6.92 Å². The summed E-state index contributed by atoms with van der Waals surface area (Å²) >= 11 is 0. The summed E-state index contributed by atoms with van der Waals surface area (Å²) in [6, 6.07) is 0. The Morgan fingerprint density at radius 1 is 1.39 bits per heavy atom. The first-order valence-corrected chi connectivity index (χ1v) is 5.69. The lowest BCUT2D eigenvalue weighted by Crippen LogP contribution is -2.23. The van der Waals surface area contributed by atoms with Gasteiger partial charge in [-0.15, -0.1) is 0 Å². The van der Waals surface area contributed by atoms with E-state index in [4.69, 9.17) is 15.2 Å². The number of carbonyl (C=O) groups is 1.